The molecule has 29 heavy (non-hydrogen) atoms. The van der Waals surface area contributed by atoms with Gasteiger partial charge in [-0.3, -0.25) is 19.3 Å². The zero-order chi connectivity index (χ0) is 20.4. The van der Waals surface area contributed by atoms with Gasteiger partial charge in [0.1, 0.15) is 11.2 Å². The Bertz CT molecular complexity index is 1010. The molecule has 1 amide bonds. The van der Waals surface area contributed by atoms with E-state index in [0.29, 0.717) is 28.9 Å². The maximum atomic E-state index is 13.5. The summed E-state index contributed by atoms with van der Waals surface area (Å²) >= 11 is 7.81. The zero-order valence-electron chi connectivity index (χ0n) is 16.6. The molecule has 1 aromatic carbocycles. The Morgan fingerprint density at radius 1 is 1.34 bits per heavy atom. The molecule has 2 aromatic heterocycles. The second kappa shape index (κ2) is 8.79. The van der Waals surface area contributed by atoms with Crippen LogP contribution in [0.2, 0.25) is 5.02 Å². The van der Waals surface area contributed by atoms with E-state index in [2.05, 4.69) is 10.00 Å². The lowest BCUT2D eigenvalue weighted by Crippen LogP contribution is -2.43. The minimum absolute atomic E-state index is 0.0871. The average molecular weight is 434 g/mol. The Kier molecular flexibility index (Phi) is 6.15. The molecule has 4 rings (SSSR count). The van der Waals surface area contributed by atoms with Gasteiger partial charge >= 0.3 is 0 Å². The number of para-hydroxylation sites is 1. The first-order valence-corrected chi connectivity index (χ1v) is 11.0. The summed E-state index contributed by atoms with van der Waals surface area (Å²) in [6.07, 6.45) is 0. The molecule has 1 aliphatic heterocycles. The first kappa shape index (κ1) is 20.3. The third kappa shape index (κ3) is 4.30. The van der Waals surface area contributed by atoms with Gasteiger partial charge in [0.05, 0.1) is 28.6 Å². The smallest absolute Gasteiger partial charge is 0.278 e. The van der Waals surface area contributed by atoms with Gasteiger partial charge in [-0.25, -0.2) is 4.98 Å². The summed E-state index contributed by atoms with van der Waals surface area (Å²) in [7, 11) is 0. The van der Waals surface area contributed by atoms with Crippen molar-refractivity contribution in [3.63, 3.8) is 0 Å². The van der Waals surface area contributed by atoms with Crippen LogP contribution in [0.4, 0.5) is 5.13 Å². The Morgan fingerprint density at radius 3 is 2.86 bits per heavy atom. The van der Waals surface area contributed by atoms with Crippen LogP contribution in [-0.2, 0) is 11.3 Å². The number of thiazole rings is 1. The van der Waals surface area contributed by atoms with E-state index in [1.54, 1.807) is 9.58 Å². The van der Waals surface area contributed by atoms with Crippen LogP contribution in [0.1, 0.15) is 23.1 Å². The number of amides is 1. The number of ether oxygens (including phenoxy) is 1. The van der Waals surface area contributed by atoms with Crippen molar-refractivity contribution >= 4 is 44.2 Å². The zero-order valence-corrected chi connectivity index (χ0v) is 18.2. The minimum Gasteiger partial charge on any atom is -0.379 e. The van der Waals surface area contributed by atoms with E-state index in [0.717, 1.165) is 48.8 Å². The highest BCUT2D eigenvalue weighted by atomic mass is 35.5. The van der Waals surface area contributed by atoms with Gasteiger partial charge in [-0.15, -0.1) is 0 Å². The van der Waals surface area contributed by atoms with Crippen LogP contribution in [0.5, 0.6) is 0 Å². The van der Waals surface area contributed by atoms with E-state index in [1.807, 2.05) is 38.1 Å². The SMILES string of the molecule is CCn1nc(C)cc1C(=O)N(CCN1CCOCC1)c1nc2c(Cl)cccc2s1. The normalized spacial score (nSPS) is 15.1. The van der Waals surface area contributed by atoms with E-state index >= 15 is 0 Å². The van der Waals surface area contributed by atoms with Crippen molar-refractivity contribution in [3.05, 3.63) is 40.7 Å². The molecule has 0 bridgehead atoms. The van der Waals surface area contributed by atoms with E-state index in [1.165, 1.54) is 11.3 Å². The van der Waals surface area contributed by atoms with Gasteiger partial charge < -0.3 is 4.74 Å². The highest BCUT2D eigenvalue weighted by Crippen LogP contribution is 2.33. The van der Waals surface area contributed by atoms with Crippen LogP contribution in [0, 0.1) is 6.92 Å². The van der Waals surface area contributed by atoms with Crippen LogP contribution in [0.15, 0.2) is 24.3 Å². The Hall–Kier alpha value is -2.00. The van der Waals surface area contributed by atoms with Crippen molar-refractivity contribution in [2.24, 2.45) is 0 Å². The van der Waals surface area contributed by atoms with E-state index in [9.17, 15) is 4.79 Å². The molecular weight excluding hydrogens is 410 g/mol. The molecule has 154 valence electrons. The third-order valence-corrected chi connectivity index (χ3v) is 6.35. The van der Waals surface area contributed by atoms with E-state index < -0.39 is 0 Å². The van der Waals surface area contributed by atoms with Crippen LogP contribution >= 0.6 is 22.9 Å². The molecule has 9 heteroatoms. The number of carbonyl (C=O) groups is 1. The van der Waals surface area contributed by atoms with Gasteiger partial charge in [-0.05, 0) is 32.0 Å². The maximum Gasteiger partial charge on any atom is 0.278 e. The second-order valence-electron chi connectivity index (χ2n) is 6.98. The number of halogens is 1. The van der Waals surface area contributed by atoms with Gasteiger partial charge in [0, 0.05) is 32.7 Å². The Labute approximate surface area is 178 Å². The fourth-order valence-corrected chi connectivity index (χ4v) is 4.76. The minimum atomic E-state index is -0.0871. The molecular formula is C20H24ClN5O2S. The molecule has 0 unspecified atom stereocenters. The topological polar surface area (TPSA) is 63.5 Å². The van der Waals surface area contributed by atoms with Crippen molar-refractivity contribution < 1.29 is 9.53 Å². The van der Waals surface area contributed by atoms with Crippen LogP contribution in [-0.4, -0.2) is 65.0 Å². The summed E-state index contributed by atoms with van der Waals surface area (Å²) in [6, 6.07) is 7.55. The number of nitrogens with zero attached hydrogens (tertiary/aromatic N) is 5. The van der Waals surface area contributed by atoms with Gasteiger partial charge in [-0.2, -0.15) is 5.10 Å². The fraction of sp³-hybridized carbons (Fsp3) is 0.450. The molecule has 0 radical (unpaired) electrons. The number of rotatable bonds is 6. The lowest BCUT2D eigenvalue weighted by molar-refractivity contribution is 0.0391. The lowest BCUT2D eigenvalue weighted by Gasteiger charge is -2.29. The first-order valence-electron chi connectivity index (χ1n) is 9.78. The second-order valence-corrected chi connectivity index (χ2v) is 8.40. The number of aryl methyl sites for hydroxylation is 2. The number of anilines is 1. The summed E-state index contributed by atoms with van der Waals surface area (Å²) in [5.74, 6) is -0.0871. The number of fused-ring (bicyclic) bond motifs is 1. The van der Waals surface area contributed by atoms with Crippen molar-refractivity contribution in [1.29, 1.82) is 0 Å². The summed E-state index contributed by atoms with van der Waals surface area (Å²) < 4.78 is 8.15. The highest BCUT2D eigenvalue weighted by Gasteiger charge is 2.26. The Balaban J connectivity index is 1.67. The molecule has 3 heterocycles. The fourth-order valence-electron chi connectivity index (χ4n) is 3.47. The summed E-state index contributed by atoms with van der Waals surface area (Å²) in [5.41, 5.74) is 2.14. The van der Waals surface area contributed by atoms with Crippen molar-refractivity contribution in [3.8, 4) is 0 Å². The number of benzene rings is 1. The lowest BCUT2D eigenvalue weighted by atomic mass is 10.3. The standard InChI is InChI=1S/C20H24ClN5O2S/c1-3-26-16(13-14(2)23-26)19(27)25(8-7-24-9-11-28-12-10-24)20-22-18-15(21)5-4-6-17(18)29-20/h4-6,13H,3,7-12H2,1-2H3. The molecule has 0 N–H and O–H groups in total. The van der Waals surface area contributed by atoms with Crippen LogP contribution < -0.4 is 4.90 Å². The van der Waals surface area contributed by atoms with Crippen molar-refractivity contribution in [1.82, 2.24) is 19.7 Å². The molecule has 0 spiro atoms. The molecule has 0 aliphatic carbocycles. The number of hydrogen-bond donors (Lipinski definition) is 0. The summed E-state index contributed by atoms with van der Waals surface area (Å²) in [5, 5.41) is 5.69. The third-order valence-electron chi connectivity index (χ3n) is 5.00. The van der Waals surface area contributed by atoms with Crippen LogP contribution in [0.25, 0.3) is 10.2 Å². The Morgan fingerprint density at radius 2 is 2.14 bits per heavy atom. The largest absolute Gasteiger partial charge is 0.379 e. The highest BCUT2D eigenvalue weighted by molar-refractivity contribution is 7.22. The predicted molar refractivity (Wildman–Crippen MR) is 116 cm³/mol. The predicted octanol–water partition coefficient (Wildman–Crippen LogP) is 3.45. The van der Waals surface area contributed by atoms with Gasteiger partial charge in [0.25, 0.3) is 5.91 Å². The quantitative estimate of drug-likeness (QED) is 0.595. The number of aromatic nitrogens is 3. The number of morpholine rings is 1. The van der Waals surface area contributed by atoms with Crippen LogP contribution in [0.3, 0.4) is 0 Å². The van der Waals surface area contributed by atoms with E-state index in [-0.39, 0.29) is 5.91 Å². The molecule has 1 saturated heterocycles. The summed E-state index contributed by atoms with van der Waals surface area (Å²) in [6.45, 7) is 9.04. The van der Waals surface area contributed by atoms with Crippen molar-refractivity contribution in [2.75, 3.05) is 44.3 Å². The first-order chi connectivity index (χ1) is 14.1. The van der Waals surface area contributed by atoms with E-state index in [4.69, 9.17) is 21.3 Å². The molecule has 1 fully saturated rings. The van der Waals surface area contributed by atoms with Gasteiger partial charge in [0.15, 0.2) is 5.13 Å². The number of hydrogen-bond acceptors (Lipinski definition) is 6. The molecule has 0 saturated carbocycles. The van der Waals surface area contributed by atoms with Gasteiger partial charge in [-0.1, -0.05) is 29.0 Å². The molecule has 1 aliphatic rings. The average Bonchev–Trinajstić information content (AvgIpc) is 3.33. The molecule has 7 nitrogen and oxygen atoms in total. The number of carbonyl (C=O) groups excluding carboxylic acids is 1. The monoisotopic (exact) mass is 433 g/mol. The summed E-state index contributed by atoms with van der Waals surface area (Å²) in [4.78, 5) is 22.3. The molecule has 3 aromatic rings. The maximum absolute atomic E-state index is 13.5. The van der Waals surface area contributed by atoms with Crippen molar-refractivity contribution in [2.45, 2.75) is 20.4 Å². The van der Waals surface area contributed by atoms with Gasteiger partial charge in [0.2, 0.25) is 0 Å². The molecule has 0 atom stereocenters.